The largest absolute Gasteiger partial charge is 0.495 e. The Balaban J connectivity index is 2.10. The molecule has 146 valence electrons. The van der Waals surface area contributed by atoms with E-state index in [1.54, 1.807) is 13.2 Å². The Morgan fingerprint density at radius 3 is 2.41 bits per heavy atom. The minimum absolute atomic E-state index is 0.170. The highest BCUT2D eigenvalue weighted by atomic mass is 16.5. The number of rotatable bonds is 9. The lowest BCUT2D eigenvalue weighted by molar-refractivity contribution is 0.102. The normalized spacial score (nSPS) is 10.7. The molecule has 1 amide bonds. The first kappa shape index (κ1) is 20.8. The summed E-state index contributed by atoms with van der Waals surface area (Å²) in [5, 5.41) is 2.93. The number of likely N-dealkylation sites (N-methyl/N-ethyl adjacent to an activating group) is 1. The van der Waals surface area contributed by atoms with E-state index in [9.17, 15) is 4.79 Å². The molecule has 0 atom stereocenters. The van der Waals surface area contributed by atoms with E-state index in [-0.39, 0.29) is 5.91 Å². The predicted molar refractivity (Wildman–Crippen MR) is 110 cm³/mol. The van der Waals surface area contributed by atoms with Gasteiger partial charge in [-0.2, -0.15) is 0 Å². The first-order valence-electron chi connectivity index (χ1n) is 9.40. The summed E-state index contributed by atoms with van der Waals surface area (Å²) in [6, 6.07) is 11.1. The summed E-state index contributed by atoms with van der Waals surface area (Å²) in [5.74, 6) is 1.14. The van der Waals surface area contributed by atoms with Crippen LogP contribution in [0.1, 0.15) is 35.3 Å². The van der Waals surface area contributed by atoms with E-state index in [1.165, 1.54) is 0 Å². The third-order valence-electron chi connectivity index (χ3n) is 4.76. The Bertz CT molecular complexity index is 770. The molecule has 0 aliphatic carbocycles. The zero-order valence-corrected chi connectivity index (χ0v) is 17.0. The standard InChI is InChI=1S/C22H30N2O3/c1-6-24(7-2)12-13-27-19-10-11-21(26-5)20(15-19)23-22(25)18-9-8-16(3)17(4)14-18/h8-11,14-15H,6-7,12-13H2,1-5H3,(H,23,25). The summed E-state index contributed by atoms with van der Waals surface area (Å²) in [7, 11) is 1.59. The van der Waals surface area contributed by atoms with Crippen LogP contribution in [-0.4, -0.2) is 44.2 Å². The van der Waals surface area contributed by atoms with Crippen LogP contribution < -0.4 is 14.8 Å². The molecule has 2 aromatic rings. The van der Waals surface area contributed by atoms with Gasteiger partial charge in [0.1, 0.15) is 18.1 Å². The second kappa shape index (κ2) is 9.97. The number of carbonyl (C=O) groups is 1. The molecule has 0 radical (unpaired) electrons. The van der Waals surface area contributed by atoms with E-state index in [0.29, 0.717) is 29.4 Å². The maximum Gasteiger partial charge on any atom is 0.255 e. The Kier molecular flexibility index (Phi) is 7.67. The molecular formula is C22H30N2O3. The molecule has 0 saturated heterocycles. The minimum atomic E-state index is -0.170. The molecule has 2 rings (SSSR count). The van der Waals surface area contributed by atoms with Crippen LogP contribution in [0.2, 0.25) is 0 Å². The number of hydrogen-bond donors (Lipinski definition) is 1. The van der Waals surface area contributed by atoms with E-state index in [0.717, 1.165) is 30.8 Å². The average molecular weight is 370 g/mol. The molecule has 0 bridgehead atoms. The molecule has 0 spiro atoms. The molecule has 0 fully saturated rings. The van der Waals surface area contributed by atoms with Crippen molar-refractivity contribution in [2.24, 2.45) is 0 Å². The van der Waals surface area contributed by atoms with E-state index in [2.05, 4.69) is 24.1 Å². The number of anilines is 1. The van der Waals surface area contributed by atoms with E-state index < -0.39 is 0 Å². The fourth-order valence-electron chi connectivity index (χ4n) is 2.78. The predicted octanol–water partition coefficient (Wildman–Crippen LogP) is 4.28. The monoisotopic (exact) mass is 370 g/mol. The third kappa shape index (κ3) is 5.73. The summed E-state index contributed by atoms with van der Waals surface area (Å²) in [6.45, 7) is 11.8. The number of hydrogen-bond acceptors (Lipinski definition) is 4. The van der Waals surface area contributed by atoms with Crippen LogP contribution in [0.3, 0.4) is 0 Å². The van der Waals surface area contributed by atoms with E-state index >= 15 is 0 Å². The van der Waals surface area contributed by atoms with Gasteiger partial charge in [-0.15, -0.1) is 0 Å². The molecule has 27 heavy (non-hydrogen) atoms. The number of carbonyl (C=O) groups excluding carboxylic acids is 1. The molecule has 0 unspecified atom stereocenters. The fraction of sp³-hybridized carbons (Fsp3) is 0.409. The quantitative estimate of drug-likeness (QED) is 0.716. The molecule has 1 N–H and O–H groups in total. The molecule has 0 aromatic heterocycles. The summed E-state index contributed by atoms with van der Waals surface area (Å²) in [5.41, 5.74) is 3.46. The highest BCUT2D eigenvalue weighted by Gasteiger charge is 2.12. The summed E-state index contributed by atoms with van der Waals surface area (Å²) < 4.78 is 11.2. The first-order valence-corrected chi connectivity index (χ1v) is 9.40. The van der Waals surface area contributed by atoms with Gasteiger partial charge < -0.3 is 19.7 Å². The van der Waals surface area contributed by atoms with Gasteiger partial charge >= 0.3 is 0 Å². The number of aryl methyl sites for hydroxylation is 2. The van der Waals surface area contributed by atoms with E-state index in [1.807, 2.05) is 44.2 Å². The van der Waals surface area contributed by atoms with Crippen molar-refractivity contribution >= 4 is 11.6 Å². The van der Waals surface area contributed by atoms with Crippen molar-refractivity contribution in [3.05, 3.63) is 53.1 Å². The molecule has 0 aliphatic heterocycles. The Morgan fingerprint density at radius 2 is 1.78 bits per heavy atom. The van der Waals surface area contributed by atoms with Gasteiger partial charge in [0.05, 0.1) is 12.8 Å². The van der Waals surface area contributed by atoms with Gasteiger partial charge in [-0.05, 0) is 62.3 Å². The van der Waals surface area contributed by atoms with Crippen LogP contribution in [0.25, 0.3) is 0 Å². The molecule has 0 heterocycles. The maximum absolute atomic E-state index is 12.6. The Morgan fingerprint density at radius 1 is 1.04 bits per heavy atom. The fourth-order valence-corrected chi connectivity index (χ4v) is 2.78. The number of nitrogens with one attached hydrogen (secondary N) is 1. The smallest absolute Gasteiger partial charge is 0.255 e. The zero-order chi connectivity index (χ0) is 19.8. The van der Waals surface area contributed by atoms with Gasteiger partial charge in [-0.1, -0.05) is 19.9 Å². The molecule has 0 aliphatic rings. The molecule has 5 nitrogen and oxygen atoms in total. The summed E-state index contributed by atoms with van der Waals surface area (Å²) in [6.07, 6.45) is 0. The van der Waals surface area contributed by atoms with Crippen LogP contribution >= 0.6 is 0 Å². The molecule has 5 heteroatoms. The van der Waals surface area contributed by atoms with Crippen molar-refractivity contribution in [1.82, 2.24) is 4.90 Å². The number of ether oxygens (including phenoxy) is 2. The highest BCUT2D eigenvalue weighted by molar-refractivity contribution is 6.05. The van der Waals surface area contributed by atoms with Crippen molar-refractivity contribution in [1.29, 1.82) is 0 Å². The highest BCUT2D eigenvalue weighted by Crippen LogP contribution is 2.29. The summed E-state index contributed by atoms with van der Waals surface area (Å²) >= 11 is 0. The zero-order valence-electron chi connectivity index (χ0n) is 17.0. The Hall–Kier alpha value is -2.53. The van der Waals surface area contributed by atoms with Gasteiger partial charge in [-0.3, -0.25) is 4.79 Å². The first-order chi connectivity index (χ1) is 13.0. The lowest BCUT2D eigenvalue weighted by Crippen LogP contribution is -2.27. The van der Waals surface area contributed by atoms with Crippen molar-refractivity contribution in [3.8, 4) is 11.5 Å². The second-order valence-corrected chi connectivity index (χ2v) is 6.49. The minimum Gasteiger partial charge on any atom is -0.495 e. The van der Waals surface area contributed by atoms with Crippen molar-refractivity contribution in [2.45, 2.75) is 27.7 Å². The van der Waals surface area contributed by atoms with Crippen LogP contribution in [-0.2, 0) is 0 Å². The van der Waals surface area contributed by atoms with Crippen LogP contribution in [0.5, 0.6) is 11.5 Å². The van der Waals surface area contributed by atoms with Gasteiger partial charge in [0.25, 0.3) is 5.91 Å². The topological polar surface area (TPSA) is 50.8 Å². The van der Waals surface area contributed by atoms with Gasteiger partial charge in [0.15, 0.2) is 0 Å². The molecule has 0 saturated carbocycles. The van der Waals surface area contributed by atoms with Gasteiger partial charge in [0, 0.05) is 18.2 Å². The molecular weight excluding hydrogens is 340 g/mol. The van der Waals surface area contributed by atoms with E-state index in [4.69, 9.17) is 9.47 Å². The number of benzene rings is 2. The number of amides is 1. The third-order valence-corrected chi connectivity index (χ3v) is 4.76. The van der Waals surface area contributed by atoms with Crippen LogP contribution in [0.4, 0.5) is 5.69 Å². The van der Waals surface area contributed by atoms with Crippen molar-refractivity contribution in [2.75, 3.05) is 38.7 Å². The summed E-state index contributed by atoms with van der Waals surface area (Å²) in [4.78, 5) is 14.9. The van der Waals surface area contributed by atoms with Crippen LogP contribution in [0.15, 0.2) is 36.4 Å². The van der Waals surface area contributed by atoms with Gasteiger partial charge in [0.2, 0.25) is 0 Å². The Labute approximate surface area is 162 Å². The number of methoxy groups -OCH3 is 1. The second-order valence-electron chi connectivity index (χ2n) is 6.49. The van der Waals surface area contributed by atoms with Crippen LogP contribution in [0, 0.1) is 13.8 Å². The lowest BCUT2D eigenvalue weighted by atomic mass is 10.1. The maximum atomic E-state index is 12.6. The van der Waals surface area contributed by atoms with Crippen molar-refractivity contribution < 1.29 is 14.3 Å². The lowest BCUT2D eigenvalue weighted by Gasteiger charge is -2.18. The average Bonchev–Trinajstić information content (AvgIpc) is 2.67. The van der Waals surface area contributed by atoms with Crippen molar-refractivity contribution in [3.63, 3.8) is 0 Å². The SMILES string of the molecule is CCN(CC)CCOc1ccc(OC)c(NC(=O)c2ccc(C)c(C)c2)c1. The number of nitrogens with zero attached hydrogens (tertiary/aromatic N) is 1. The van der Waals surface area contributed by atoms with Gasteiger partial charge in [-0.25, -0.2) is 0 Å². The molecule has 2 aromatic carbocycles.